The van der Waals surface area contributed by atoms with E-state index in [1.54, 1.807) is 6.33 Å². The SMILES string of the molecule is CC(C)CCCC(C)[C@H]1CC[C@H]2[C@@H]3C[C@@H](NC(O)Cc4c[nH]cn4)C4CCCC[C@]4(C)[C@H]3CC[C@]12C. The van der Waals surface area contributed by atoms with E-state index >= 15 is 0 Å². The van der Waals surface area contributed by atoms with Gasteiger partial charge in [-0.1, -0.05) is 66.7 Å². The lowest BCUT2D eigenvalue weighted by atomic mass is 9.43. The van der Waals surface area contributed by atoms with Crippen LogP contribution >= 0.6 is 0 Å². The van der Waals surface area contributed by atoms with Crippen molar-refractivity contribution in [3.05, 3.63) is 18.2 Å². The fourth-order valence-electron chi connectivity index (χ4n) is 10.5. The van der Waals surface area contributed by atoms with Gasteiger partial charge in [-0.15, -0.1) is 0 Å². The number of rotatable bonds is 9. The van der Waals surface area contributed by atoms with Crippen LogP contribution in [0, 0.1) is 52.3 Å². The molecule has 3 N–H and O–H groups in total. The first-order valence-electron chi connectivity index (χ1n) is 15.6. The number of H-pyrrole nitrogens is 1. The van der Waals surface area contributed by atoms with Gasteiger partial charge in [0.1, 0.15) is 6.23 Å². The third-order valence-corrected chi connectivity index (χ3v) is 12.2. The van der Waals surface area contributed by atoms with Crippen molar-refractivity contribution in [2.75, 3.05) is 0 Å². The molecule has 5 rings (SSSR count). The van der Waals surface area contributed by atoms with Gasteiger partial charge in [-0.3, -0.25) is 5.32 Å². The first-order valence-corrected chi connectivity index (χ1v) is 15.6. The molecule has 1 aromatic heterocycles. The molecule has 4 heteroatoms. The van der Waals surface area contributed by atoms with E-state index in [9.17, 15) is 5.11 Å². The minimum atomic E-state index is -0.506. The lowest BCUT2D eigenvalue weighted by Crippen LogP contribution is -2.61. The van der Waals surface area contributed by atoms with Crippen LogP contribution in [0.3, 0.4) is 0 Å². The number of imidazole rings is 1. The second-order valence-corrected chi connectivity index (χ2v) is 14.6. The molecule has 36 heavy (non-hydrogen) atoms. The van der Waals surface area contributed by atoms with Gasteiger partial charge in [0.15, 0.2) is 0 Å². The van der Waals surface area contributed by atoms with Crippen LogP contribution in [0.1, 0.15) is 117 Å². The second kappa shape index (κ2) is 10.7. The summed E-state index contributed by atoms with van der Waals surface area (Å²) in [4.78, 5) is 7.40. The number of aromatic amines is 1. The van der Waals surface area contributed by atoms with Crippen molar-refractivity contribution in [2.24, 2.45) is 52.3 Å². The van der Waals surface area contributed by atoms with Gasteiger partial charge in [-0.2, -0.15) is 0 Å². The van der Waals surface area contributed by atoms with Crippen molar-refractivity contribution in [2.45, 2.75) is 130 Å². The summed E-state index contributed by atoms with van der Waals surface area (Å²) in [5, 5.41) is 14.8. The molecule has 0 bridgehead atoms. The lowest BCUT2D eigenvalue weighted by molar-refractivity contribution is -0.131. The normalized spacial score (nSPS) is 42.0. The highest BCUT2D eigenvalue weighted by Crippen LogP contribution is 2.68. The number of aromatic nitrogens is 2. The zero-order valence-electron chi connectivity index (χ0n) is 23.9. The summed E-state index contributed by atoms with van der Waals surface area (Å²) in [6.45, 7) is 12.7. The molecule has 0 saturated heterocycles. The molecule has 204 valence electrons. The molecule has 4 nitrogen and oxygen atoms in total. The highest BCUT2D eigenvalue weighted by molar-refractivity contribution is 5.12. The van der Waals surface area contributed by atoms with E-state index in [0.29, 0.717) is 29.2 Å². The van der Waals surface area contributed by atoms with Gasteiger partial charge in [-0.25, -0.2) is 4.98 Å². The molecular weight excluding hydrogens is 442 g/mol. The average Bonchev–Trinajstić information content (AvgIpc) is 3.45. The zero-order valence-corrected chi connectivity index (χ0v) is 23.9. The third kappa shape index (κ3) is 4.95. The summed E-state index contributed by atoms with van der Waals surface area (Å²) in [7, 11) is 0. The van der Waals surface area contributed by atoms with Crippen molar-refractivity contribution in [1.82, 2.24) is 15.3 Å². The van der Waals surface area contributed by atoms with Crippen molar-refractivity contribution in [1.29, 1.82) is 0 Å². The molecule has 4 aliphatic carbocycles. The lowest BCUT2D eigenvalue weighted by Gasteiger charge is -2.63. The van der Waals surface area contributed by atoms with E-state index in [0.717, 1.165) is 41.2 Å². The molecule has 3 unspecified atom stereocenters. The van der Waals surface area contributed by atoms with E-state index in [2.05, 4.69) is 49.9 Å². The van der Waals surface area contributed by atoms with Gasteiger partial charge in [0, 0.05) is 18.7 Å². The summed E-state index contributed by atoms with van der Waals surface area (Å²) in [6, 6.07) is 0.440. The molecule has 0 spiro atoms. The fourth-order valence-corrected chi connectivity index (χ4v) is 10.5. The molecular formula is C32H55N3O. The summed E-state index contributed by atoms with van der Waals surface area (Å²) in [5.74, 6) is 5.90. The van der Waals surface area contributed by atoms with Gasteiger partial charge in [0.25, 0.3) is 0 Å². The van der Waals surface area contributed by atoms with E-state index in [-0.39, 0.29) is 0 Å². The van der Waals surface area contributed by atoms with E-state index in [1.807, 2.05) is 6.20 Å². The van der Waals surface area contributed by atoms with E-state index in [1.165, 1.54) is 77.0 Å². The van der Waals surface area contributed by atoms with Crippen LogP contribution in [0.15, 0.2) is 12.5 Å². The molecule has 4 fully saturated rings. The van der Waals surface area contributed by atoms with Gasteiger partial charge >= 0.3 is 0 Å². The first kappa shape index (κ1) is 26.7. The molecule has 4 aliphatic rings. The largest absolute Gasteiger partial charge is 0.378 e. The maximum Gasteiger partial charge on any atom is 0.110 e. The second-order valence-electron chi connectivity index (χ2n) is 14.6. The molecule has 10 atom stereocenters. The Balaban J connectivity index is 1.33. The van der Waals surface area contributed by atoms with Crippen LogP contribution in [-0.2, 0) is 6.42 Å². The minimum absolute atomic E-state index is 0.438. The number of nitrogens with zero attached hydrogens (tertiary/aromatic N) is 1. The molecule has 0 aliphatic heterocycles. The Morgan fingerprint density at radius 2 is 1.81 bits per heavy atom. The smallest absolute Gasteiger partial charge is 0.110 e. The van der Waals surface area contributed by atoms with E-state index in [4.69, 9.17) is 0 Å². The Bertz CT molecular complexity index is 838. The Kier molecular flexibility index (Phi) is 7.95. The Hall–Kier alpha value is -0.870. The predicted octanol–water partition coefficient (Wildman–Crippen LogP) is 7.35. The standard InChI is InChI=1S/C32H55N3O/c1-21(2)9-8-10-22(3)25-12-13-26-24-18-29(35-30(36)17-23-19-33-20-34-23)28-11-6-7-15-31(28,4)27(24)14-16-32(25,26)5/h19-22,24-30,35-36H,6-18H2,1-5H3,(H,33,34)/t22?,24-,25+,26-,27-,28?,29+,30?,31+,32+/m0/s1. The Morgan fingerprint density at radius 3 is 2.56 bits per heavy atom. The first-order chi connectivity index (χ1) is 17.2. The Morgan fingerprint density at radius 1 is 1.00 bits per heavy atom. The number of nitrogens with one attached hydrogen (secondary N) is 2. The minimum Gasteiger partial charge on any atom is -0.378 e. The van der Waals surface area contributed by atoms with Crippen molar-refractivity contribution in [3.8, 4) is 0 Å². The fraction of sp³-hybridized carbons (Fsp3) is 0.906. The summed E-state index contributed by atoms with van der Waals surface area (Å²) in [5.41, 5.74) is 1.91. The number of fused-ring (bicyclic) bond motifs is 5. The third-order valence-electron chi connectivity index (χ3n) is 12.2. The summed E-state index contributed by atoms with van der Waals surface area (Å²) >= 11 is 0. The predicted molar refractivity (Wildman–Crippen MR) is 148 cm³/mol. The van der Waals surface area contributed by atoms with Crippen LogP contribution in [0.4, 0.5) is 0 Å². The Labute approximate surface area is 221 Å². The van der Waals surface area contributed by atoms with Gasteiger partial charge < -0.3 is 10.1 Å². The van der Waals surface area contributed by atoms with Crippen molar-refractivity contribution in [3.63, 3.8) is 0 Å². The summed E-state index contributed by atoms with van der Waals surface area (Å²) < 4.78 is 0. The van der Waals surface area contributed by atoms with Crippen LogP contribution in [0.25, 0.3) is 0 Å². The average molecular weight is 498 g/mol. The molecule has 4 saturated carbocycles. The zero-order chi connectivity index (χ0) is 25.5. The molecule has 0 radical (unpaired) electrons. The van der Waals surface area contributed by atoms with Gasteiger partial charge in [-0.05, 0) is 97.2 Å². The summed E-state index contributed by atoms with van der Waals surface area (Å²) in [6.07, 6.45) is 20.5. The monoisotopic (exact) mass is 497 g/mol. The highest BCUT2D eigenvalue weighted by atomic mass is 16.3. The van der Waals surface area contributed by atoms with Crippen LogP contribution in [0.2, 0.25) is 0 Å². The highest BCUT2D eigenvalue weighted by Gasteiger charge is 2.61. The number of hydrogen-bond acceptors (Lipinski definition) is 3. The molecule has 1 heterocycles. The maximum absolute atomic E-state index is 11.1. The van der Waals surface area contributed by atoms with E-state index < -0.39 is 6.23 Å². The molecule has 1 aromatic rings. The van der Waals surface area contributed by atoms with Crippen LogP contribution in [-0.4, -0.2) is 27.3 Å². The molecule has 0 amide bonds. The van der Waals surface area contributed by atoms with Gasteiger partial charge in [0.2, 0.25) is 0 Å². The maximum atomic E-state index is 11.1. The van der Waals surface area contributed by atoms with Crippen molar-refractivity contribution < 1.29 is 5.11 Å². The number of hydrogen-bond donors (Lipinski definition) is 3. The quantitative estimate of drug-likeness (QED) is 0.313. The number of aliphatic hydroxyl groups excluding tert-OH is 1. The van der Waals surface area contributed by atoms with Crippen LogP contribution < -0.4 is 5.32 Å². The van der Waals surface area contributed by atoms with Crippen molar-refractivity contribution >= 4 is 0 Å². The molecule has 0 aromatic carbocycles. The van der Waals surface area contributed by atoms with Gasteiger partial charge in [0.05, 0.1) is 12.0 Å². The number of aliphatic hydroxyl groups is 1. The topological polar surface area (TPSA) is 60.9 Å². The van der Waals surface area contributed by atoms with Crippen LogP contribution in [0.5, 0.6) is 0 Å².